The molecule has 3 rings (SSSR count). The highest BCUT2D eigenvalue weighted by Crippen LogP contribution is 2.45. The second-order valence-electron chi connectivity index (χ2n) is 7.35. The maximum atomic E-state index is 11.1. The number of piperidine rings is 1. The van der Waals surface area contributed by atoms with E-state index in [-0.39, 0.29) is 5.60 Å². The Morgan fingerprint density at radius 2 is 1.89 bits per heavy atom. The van der Waals surface area contributed by atoms with Crippen molar-refractivity contribution in [3.05, 3.63) is 0 Å². The molecule has 0 aromatic rings. The van der Waals surface area contributed by atoms with Gasteiger partial charge in [0.15, 0.2) is 0 Å². The Bertz CT molecular complexity index is 305. The second-order valence-corrected chi connectivity index (χ2v) is 7.35. The fourth-order valence-electron chi connectivity index (χ4n) is 4.67. The van der Waals surface area contributed by atoms with E-state index in [9.17, 15) is 5.11 Å². The first-order valence-electron chi connectivity index (χ1n) is 8.05. The first-order valence-corrected chi connectivity index (χ1v) is 8.05. The maximum Gasteiger partial charge on any atom is 0.0703 e. The molecule has 104 valence electrons. The molecule has 1 aliphatic carbocycles. The third-order valence-electron chi connectivity index (χ3n) is 6.28. The summed E-state index contributed by atoms with van der Waals surface area (Å²) in [5, 5.41) is 11.1. The summed E-state index contributed by atoms with van der Waals surface area (Å²) in [6, 6.07) is 0.693. The highest BCUT2D eigenvalue weighted by molar-refractivity contribution is 4.99. The summed E-state index contributed by atoms with van der Waals surface area (Å²) in [5.41, 5.74) is -0.333. The minimum atomic E-state index is -0.333. The van der Waals surface area contributed by atoms with Gasteiger partial charge in [0, 0.05) is 12.6 Å². The van der Waals surface area contributed by atoms with Gasteiger partial charge in [-0.05, 0) is 62.8 Å². The number of fused-ring (bicyclic) bond motifs is 1. The predicted molar refractivity (Wildman–Crippen MR) is 74.4 cm³/mol. The van der Waals surface area contributed by atoms with Crippen molar-refractivity contribution in [1.29, 1.82) is 0 Å². The third kappa shape index (κ3) is 2.22. The number of hydrogen-bond acceptors (Lipinski definition) is 2. The summed E-state index contributed by atoms with van der Waals surface area (Å²) in [4.78, 5) is 2.61. The molecule has 5 unspecified atom stereocenters. The van der Waals surface area contributed by atoms with Crippen LogP contribution in [0.5, 0.6) is 0 Å². The lowest BCUT2D eigenvalue weighted by Gasteiger charge is -2.48. The molecule has 2 saturated heterocycles. The van der Waals surface area contributed by atoms with Crippen LogP contribution in [0.25, 0.3) is 0 Å². The highest BCUT2D eigenvalue weighted by atomic mass is 16.3. The average Bonchev–Trinajstić information content (AvgIpc) is 2.79. The first kappa shape index (κ1) is 12.9. The van der Waals surface area contributed by atoms with E-state index in [2.05, 4.69) is 18.7 Å². The first-order chi connectivity index (χ1) is 8.58. The Morgan fingerprint density at radius 3 is 2.67 bits per heavy atom. The van der Waals surface area contributed by atoms with Gasteiger partial charge in [-0.2, -0.15) is 0 Å². The van der Waals surface area contributed by atoms with E-state index in [4.69, 9.17) is 0 Å². The zero-order valence-corrected chi connectivity index (χ0v) is 12.1. The van der Waals surface area contributed by atoms with Crippen LogP contribution < -0.4 is 0 Å². The highest BCUT2D eigenvalue weighted by Gasteiger charge is 2.46. The number of nitrogens with zero attached hydrogens (tertiary/aromatic N) is 1. The fraction of sp³-hybridized carbons (Fsp3) is 1.00. The zero-order chi connectivity index (χ0) is 12.8. The van der Waals surface area contributed by atoms with Crippen LogP contribution in [0.3, 0.4) is 0 Å². The van der Waals surface area contributed by atoms with E-state index in [1.165, 1.54) is 38.6 Å². The van der Waals surface area contributed by atoms with Gasteiger partial charge in [-0.25, -0.2) is 0 Å². The summed E-state index contributed by atoms with van der Waals surface area (Å²) >= 11 is 0. The van der Waals surface area contributed by atoms with Gasteiger partial charge < -0.3 is 10.0 Å². The molecule has 2 heteroatoms. The van der Waals surface area contributed by atoms with E-state index in [1.54, 1.807) is 0 Å². The molecule has 18 heavy (non-hydrogen) atoms. The van der Waals surface area contributed by atoms with Gasteiger partial charge in [0.05, 0.1) is 5.60 Å². The van der Waals surface area contributed by atoms with Crippen LogP contribution in [0.1, 0.15) is 58.8 Å². The molecule has 3 fully saturated rings. The second kappa shape index (κ2) is 4.79. The van der Waals surface area contributed by atoms with E-state index in [1.807, 2.05) is 0 Å². The van der Waals surface area contributed by atoms with Gasteiger partial charge in [0.25, 0.3) is 0 Å². The quantitative estimate of drug-likeness (QED) is 0.774. The number of hydrogen-bond donors (Lipinski definition) is 1. The Morgan fingerprint density at radius 1 is 1.06 bits per heavy atom. The molecular weight excluding hydrogens is 222 g/mol. The lowest BCUT2D eigenvalue weighted by molar-refractivity contribution is -0.0973. The lowest BCUT2D eigenvalue weighted by atomic mass is 9.66. The van der Waals surface area contributed by atoms with Crippen molar-refractivity contribution in [3.63, 3.8) is 0 Å². The van der Waals surface area contributed by atoms with E-state index >= 15 is 0 Å². The molecule has 0 bridgehead atoms. The third-order valence-corrected chi connectivity index (χ3v) is 6.28. The van der Waals surface area contributed by atoms with Crippen molar-refractivity contribution in [3.8, 4) is 0 Å². The Balaban J connectivity index is 1.67. The summed E-state index contributed by atoms with van der Waals surface area (Å²) in [5.74, 6) is 2.23. The van der Waals surface area contributed by atoms with Crippen LogP contribution >= 0.6 is 0 Å². The van der Waals surface area contributed by atoms with Crippen molar-refractivity contribution >= 4 is 0 Å². The van der Waals surface area contributed by atoms with Crippen molar-refractivity contribution < 1.29 is 5.11 Å². The summed E-state index contributed by atoms with van der Waals surface area (Å²) in [7, 11) is 0. The molecule has 0 spiro atoms. The zero-order valence-electron chi connectivity index (χ0n) is 12.1. The molecule has 5 atom stereocenters. The maximum absolute atomic E-state index is 11.1. The normalized spacial score (nSPS) is 50.2. The predicted octanol–water partition coefficient (Wildman–Crippen LogP) is 3.05. The largest absolute Gasteiger partial charge is 0.389 e. The number of rotatable bonds is 1. The molecule has 0 amide bonds. The van der Waals surface area contributed by atoms with Gasteiger partial charge in [0.1, 0.15) is 0 Å². The lowest BCUT2D eigenvalue weighted by Crippen LogP contribution is -2.52. The van der Waals surface area contributed by atoms with Gasteiger partial charge in [-0.15, -0.1) is 0 Å². The van der Waals surface area contributed by atoms with Gasteiger partial charge in [-0.1, -0.05) is 20.3 Å². The van der Waals surface area contributed by atoms with Crippen molar-refractivity contribution in [2.45, 2.75) is 70.4 Å². The van der Waals surface area contributed by atoms with E-state index < -0.39 is 0 Å². The molecule has 0 aromatic heterocycles. The standard InChI is InChI=1S/C16H29NO/c1-12-5-6-14(10-13(12)2)16(18)7-9-17-8-3-4-15(17)11-16/h12-15,18H,3-11H2,1-2H3. The molecular formula is C16H29NO. The molecule has 0 radical (unpaired) electrons. The summed E-state index contributed by atoms with van der Waals surface area (Å²) in [6.45, 7) is 7.18. The summed E-state index contributed by atoms with van der Waals surface area (Å²) in [6.07, 6.45) is 8.58. The van der Waals surface area contributed by atoms with Gasteiger partial charge >= 0.3 is 0 Å². The van der Waals surface area contributed by atoms with Crippen molar-refractivity contribution in [2.24, 2.45) is 17.8 Å². The van der Waals surface area contributed by atoms with Gasteiger partial charge in [0.2, 0.25) is 0 Å². The molecule has 3 aliphatic rings. The van der Waals surface area contributed by atoms with E-state index in [0.717, 1.165) is 31.2 Å². The SMILES string of the molecule is CC1CCC(C2(O)CCN3CCCC3C2)CC1C. The molecule has 1 saturated carbocycles. The van der Waals surface area contributed by atoms with Crippen LogP contribution in [0.4, 0.5) is 0 Å². The summed E-state index contributed by atoms with van der Waals surface area (Å²) < 4.78 is 0. The fourth-order valence-corrected chi connectivity index (χ4v) is 4.67. The van der Waals surface area contributed by atoms with E-state index in [0.29, 0.717) is 12.0 Å². The molecule has 2 aliphatic heterocycles. The van der Waals surface area contributed by atoms with Crippen LogP contribution in [-0.2, 0) is 0 Å². The molecule has 0 aromatic carbocycles. The van der Waals surface area contributed by atoms with Crippen LogP contribution in [-0.4, -0.2) is 34.7 Å². The van der Waals surface area contributed by atoms with Crippen molar-refractivity contribution in [2.75, 3.05) is 13.1 Å². The molecule has 1 N–H and O–H groups in total. The smallest absolute Gasteiger partial charge is 0.0703 e. The monoisotopic (exact) mass is 251 g/mol. The molecule has 2 heterocycles. The molecule has 2 nitrogen and oxygen atoms in total. The Hall–Kier alpha value is -0.0800. The van der Waals surface area contributed by atoms with Crippen LogP contribution in [0, 0.1) is 17.8 Å². The van der Waals surface area contributed by atoms with Gasteiger partial charge in [-0.3, -0.25) is 0 Å². The van der Waals surface area contributed by atoms with Crippen LogP contribution in [0.15, 0.2) is 0 Å². The average molecular weight is 251 g/mol. The van der Waals surface area contributed by atoms with Crippen molar-refractivity contribution in [1.82, 2.24) is 4.90 Å². The minimum Gasteiger partial charge on any atom is -0.389 e. The minimum absolute atomic E-state index is 0.333. The topological polar surface area (TPSA) is 23.5 Å². The number of aliphatic hydroxyl groups is 1. The Labute approximate surface area is 112 Å². The van der Waals surface area contributed by atoms with Crippen LogP contribution in [0.2, 0.25) is 0 Å². The Kier molecular flexibility index (Phi) is 3.44.